The molecule has 2 atom stereocenters. The van der Waals surface area contributed by atoms with Gasteiger partial charge in [0.15, 0.2) is 0 Å². The Balaban J connectivity index is 2.15. The molecule has 1 aromatic heterocycles. The Kier molecular flexibility index (Phi) is 3.94. The normalized spacial score (nSPS) is 26.9. The molecule has 0 aromatic carbocycles. The van der Waals surface area contributed by atoms with Gasteiger partial charge in [0, 0.05) is 4.88 Å². The number of carboxylic acid groups (broad SMARTS) is 1. The van der Waals surface area contributed by atoms with E-state index in [1.165, 1.54) is 11.3 Å². The summed E-state index contributed by atoms with van der Waals surface area (Å²) in [4.78, 5) is 25.3. The van der Waals surface area contributed by atoms with E-state index in [9.17, 15) is 14.7 Å². The number of aliphatic carboxylic acids is 1. The van der Waals surface area contributed by atoms with Crippen LogP contribution in [0.5, 0.6) is 0 Å². The fourth-order valence-corrected chi connectivity index (χ4v) is 3.52. The Morgan fingerprint density at radius 2 is 2.16 bits per heavy atom. The quantitative estimate of drug-likeness (QED) is 0.895. The molecule has 2 unspecified atom stereocenters. The third-order valence-corrected chi connectivity index (χ3v) is 4.87. The molecule has 104 valence electrons. The molecule has 1 fully saturated rings. The minimum absolute atomic E-state index is 0.159. The average molecular weight is 281 g/mol. The second-order valence-electron chi connectivity index (χ2n) is 5.42. The van der Waals surface area contributed by atoms with Crippen LogP contribution in [0.4, 0.5) is 0 Å². The number of rotatable bonds is 3. The van der Waals surface area contributed by atoms with Crippen molar-refractivity contribution in [2.24, 2.45) is 5.92 Å². The van der Waals surface area contributed by atoms with Crippen molar-refractivity contribution in [2.45, 2.75) is 45.1 Å². The molecule has 4 nitrogen and oxygen atoms in total. The third-order valence-electron chi connectivity index (χ3n) is 3.87. The topological polar surface area (TPSA) is 66.4 Å². The number of aryl methyl sites for hydroxylation is 1. The van der Waals surface area contributed by atoms with Crippen molar-refractivity contribution >= 4 is 23.2 Å². The van der Waals surface area contributed by atoms with Crippen LogP contribution in [0.2, 0.25) is 0 Å². The molecule has 0 saturated heterocycles. The lowest BCUT2D eigenvalue weighted by atomic mass is 9.74. The van der Waals surface area contributed by atoms with E-state index in [-0.39, 0.29) is 5.91 Å². The molecule has 2 N–H and O–H groups in total. The molecule has 1 aromatic rings. The predicted octanol–water partition coefficient (Wildman–Crippen LogP) is 2.82. The largest absolute Gasteiger partial charge is 0.481 e. The number of hydrogen-bond acceptors (Lipinski definition) is 3. The highest BCUT2D eigenvalue weighted by atomic mass is 32.1. The lowest BCUT2D eigenvalue weighted by Crippen LogP contribution is -2.55. The lowest BCUT2D eigenvalue weighted by Gasteiger charge is -2.39. The average Bonchev–Trinajstić information content (AvgIpc) is 2.75. The highest BCUT2D eigenvalue weighted by Crippen LogP contribution is 2.34. The zero-order valence-electron chi connectivity index (χ0n) is 11.2. The Labute approximate surface area is 116 Å². The van der Waals surface area contributed by atoms with Crippen LogP contribution >= 0.6 is 11.3 Å². The molecule has 1 saturated carbocycles. The van der Waals surface area contributed by atoms with Gasteiger partial charge in [0.05, 0.1) is 16.3 Å². The van der Waals surface area contributed by atoms with Crippen LogP contribution in [-0.2, 0) is 4.79 Å². The summed E-state index contributed by atoms with van der Waals surface area (Å²) in [5.74, 6) is -1.47. The number of amides is 1. The molecule has 0 bridgehead atoms. The second kappa shape index (κ2) is 5.33. The zero-order chi connectivity index (χ0) is 14.0. The third kappa shape index (κ3) is 2.97. The summed E-state index contributed by atoms with van der Waals surface area (Å²) < 4.78 is 0. The molecule has 1 aliphatic rings. The number of carboxylic acids is 1. The van der Waals surface area contributed by atoms with Gasteiger partial charge >= 0.3 is 5.97 Å². The minimum atomic E-state index is -0.815. The summed E-state index contributed by atoms with van der Waals surface area (Å²) in [5.41, 5.74) is -0.640. The number of nitrogens with one attached hydrogen (secondary N) is 1. The lowest BCUT2D eigenvalue weighted by molar-refractivity contribution is -0.145. The Morgan fingerprint density at radius 1 is 1.42 bits per heavy atom. The van der Waals surface area contributed by atoms with Crippen molar-refractivity contribution in [3.63, 3.8) is 0 Å². The Hall–Kier alpha value is -1.36. The number of hydrogen-bond donors (Lipinski definition) is 2. The highest BCUT2D eigenvalue weighted by Gasteiger charge is 2.42. The summed E-state index contributed by atoms with van der Waals surface area (Å²) in [6.07, 6.45) is 3.24. The van der Waals surface area contributed by atoms with Gasteiger partial charge in [-0.1, -0.05) is 12.8 Å². The van der Waals surface area contributed by atoms with Crippen LogP contribution in [0.3, 0.4) is 0 Å². The summed E-state index contributed by atoms with van der Waals surface area (Å²) in [5, 5.41) is 12.3. The molecule has 19 heavy (non-hydrogen) atoms. The van der Waals surface area contributed by atoms with Gasteiger partial charge in [-0.05, 0) is 38.8 Å². The molecule has 0 aliphatic heterocycles. The molecular formula is C14H19NO3S. The second-order valence-corrected chi connectivity index (χ2v) is 6.71. The molecule has 2 rings (SSSR count). The first-order valence-electron chi connectivity index (χ1n) is 6.54. The van der Waals surface area contributed by atoms with E-state index in [1.807, 2.05) is 19.9 Å². The predicted molar refractivity (Wildman–Crippen MR) is 74.5 cm³/mol. The SMILES string of the molecule is Cc1ccc(C(=O)NC2(C)CCCCC2C(=O)O)s1. The van der Waals surface area contributed by atoms with Crippen molar-refractivity contribution < 1.29 is 14.7 Å². The Morgan fingerprint density at radius 3 is 2.74 bits per heavy atom. The van der Waals surface area contributed by atoms with Crippen LogP contribution in [0.15, 0.2) is 12.1 Å². The Bertz CT molecular complexity index is 497. The van der Waals surface area contributed by atoms with Crippen LogP contribution in [0, 0.1) is 12.8 Å². The zero-order valence-corrected chi connectivity index (χ0v) is 12.0. The molecule has 5 heteroatoms. The van der Waals surface area contributed by atoms with Crippen LogP contribution < -0.4 is 5.32 Å². The summed E-state index contributed by atoms with van der Waals surface area (Å²) in [6.45, 7) is 3.80. The van der Waals surface area contributed by atoms with Gasteiger partial charge in [0.2, 0.25) is 0 Å². The van der Waals surface area contributed by atoms with Gasteiger partial charge in [-0.2, -0.15) is 0 Å². The van der Waals surface area contributed by atoms with Crippen LogP contribution in [0.25, 0.3) is 0 Å². The van der Waals surface area contributed by atoms with Gasteiger partial charge in [0.1, 0.15) is 0 Å². The molecule has 1 heterocycles. The maximum Gasteiger partial charge on any atom is 0.308 e. The maximum atomic E-state index is 12.2. The summed E-state index contributed by atoms with van der Waals surface area (Å²) in [6, 6.07) is 3.69. The van der Waals surface area contributed by atoms with Gasteiger partial charge in [-0.15, -0.1) is 11.3 Å². The standard InChI is InChI=1S/C14H19NO3S/c1-9-6-7-11(19-9)12(16)15-14(2)8-4-3-5-10(14)13(17)18/h6-7,10H,3-5,8H2,1-2H3,(H,15,16)(H,17,18). The molecule has 0 spiro atoms. The van der Waals surface area contributed by atoms with E-state index < -0.39 is 17.4 Å². The van der Waals surface area contributed by atoms with Gasteiger partial charge in [-0.3, -0.25) is 9.59 Å². The van der Waals surface area contributed by atoms with Gasteiger partial charge in [-0.25, -0.2) is 0 Å². The van der Waals surface area contributed by atoms with Crippen molar-refractivity contribution in [3.05, 3.63) is 21.9 Å². The smallest absolute Gasteiger partial charge is 0.308 e. The van der Waals surface area contributed by atoms with Crippen molar-refractivity contribution in [3.8, 4) is 0 Å². The number of thiophene rings is 1. The van der Waals surface area contributed by atoms with Gasteiger partial charge in [0.25, 0.3) is 5.91 Å². The van der Waals surface area contributed by atoms with Crippen molar-refractivity contribution in [2.75, 3.05) is 0 Å². The number of carbonyl (C=O) groups is 2. The fourth-order valence-electron chi connectivity index (χ4n) is 2.76. The number of carbonyl (C=O) groups excluding carboxylic acids is 1. The maximum absolute atomic E-state index is 12.2. The molecule has 0 radical (unpaired) electrons. The molecule has 1 amide bonds. The first-order chi connectivity index (χ1) is 8.92. The first kappa shape index (κ1) is 14.1. The van der Waals surface area contributed by atoms with E-state index in [4.69, 9.17) is 0 Å². The minimum Gasteiger partial charge on any atom is -0.481 e. The molecular weight excluding hydrogens is 262 g/mol. The summed E-state index contributed by atoms with van der Waals surface area (Å²) >= 11 is 1.43. The fraction of sp³-hybridized carbons (Fsp3) is 0.571. The van der Waals surface area contributed by atoms with E-state index in [0.29, 0.717) is 11.3 Å². The highest BCUT2D eigenvalue weighted by molar-refractivity contribution is 7.13. The van der Waals surface area contributed by atoms with Gasteiger partial charge < -0.3 is 10.4 Å². The first-order valence-corrected chi connectivity index (χ1v) is 7.36. The summed E-state index contributed by atoms with van der Waals surface area (Å²) in [7, 11) is 0. The monoisotopic (exact) mass is 281 g/mol. The van der Waals surface area contributed by atoms with E-state index >= 15 is 0 Å². The van der Waals surface area contributed by atoms with Crippen molar-refractivity contribution in [1.29, 1.82) is 0 Å². The van der Waals surface area contributed by atoms with E-state index in [0.717, 1.165) is 24.1 Å². The van der Waals surface area contributed by atoms with Crippen molar-refractivity contribution in [1.82, 2.24) is 5.32 Å². The van der Waals surface area contributed by atoms with E-state index in [1.54, 1.807) is 6.07 Å². The van der Waals surface area contributed by atoms with Crippen LogP contribution in [-0.4, -0.2) is 22.5 Å². The van der Waals surface area contributed by atoms with Crippen LogP contribution in [0.1, 0.15) is 47.2 Å². The van der Waals surface area contributed by atoms with E-state index in [2.05, 4.69) is 5.32 Å². The molecule has 1 aliphatic carbocycles.